The molecule has 9 rings (SSSR count). The van der Waals surface area contributed by atoms with Crippen molar-refractivity contribution < 1.29 is 32.7 Å². The third-order valence-electron chi connectivity index (χ3n) is 9.66. The van der Waals surface area contributed by atoms with Gasteiger partial charge in [0, 0.05) is 57.5 Å². The SMILES string of the molecule is Cc1cc(-c2ccccc2)c(-n2c(-c3[c-]oc4ccc([Si](C)(C)C)cc34)nc3ccccc32)c(-c2ccccc2)c1.[2H]C([2H])([2H])c1c[c-]c(-c2ccc(C([2H])([2H])[2H])cn2)cc1.[Ir]. The van der Waals surface area contributed by atoms with Crippen molar-refractivity contribution in [1.29, 1.82) is 0 Å². The van der Waals surface area contributed by atoms with Crippen LogP contribution in [0.3, 0.4) is 0 Å². The molecule has 0 fully saturated rings. The van der Waals surface area contributed by atoms with Crippen molar-refractivity contribution in [2.75, 3.05) is 0 Å². The van der Waals surface area contributed by atoms with Crippen molar-refractivity contribution >= 4 is 35.3 Å². The summed E-state index contributed by atoms with van der Waals surface area (Å²) >= 11 is 0. The van der Waals surface area contributed by atoms with Crippen LogP contribution in [-0.2, 0) is 20.1 Å². The molecule has 3 aromatic heterocycles. The normalized spacial score (nSPS) is 13.3. The predicted molar refractivity (Wildman–Crippen MR) is 232 cm³/mol. The zero-order valence-electron chi connectivity index (χ0n) is 37.5. The Bertz CT molecular complexity index is 2860. The Hall–Kier alpha value is -5.65. The van der Waals surface area contributed by atoms with Crippen molar-refractivity contribution in [3.05, 3.63) is 181 Å². The molecule has 0 bridgehead atoms. The van der Waals surface area contributed by atoms with Crippen molar-refractivity contribution in [3.8, 4) is 50.6 Å². The molecule has 0 aliphatic heterocycles. The van der Waals surface area contributed by atoms with Gasteiger partial charge >= 0.3 is 0 Å². The summed E-state index contributed by atoms with van der Waals surface area (Å²) in [5, 5.41) is 2.44. The molecule has 279 valence electrons. The minimum Gasteiger partial charge on any atom is -0.557 e. The Morgan fingerprint density at radius 1 is 0.696 bits per heavy atom. The molecule has 6 heteroatoms. The number of para-hydroxylation sites is 2. The number of rotatable bonds is 6. The maximum Gasteiger partial charge on any atom is 0.0774 e. The number of benzene rings is 6. The van der Waals surface area contributed by atoms with Gasteiger partial charge in [0.05, 0.1) is 30.6 Å². The van der Waals surface area contributed by atoms with Crippen LogP contribution in [-0.4, -0.2) is 22.6 Å². The zero-order valence-corrected chi connectivity index (χ0v) is 34.9. The van der Waals surface area contributed by atoms with E-state index in [1.807, 2.05) is 0 Å². The Balaban J connectivity index is 0.000000233. The summed E-state index contributed by atoms with van der Waals surface area (Å²) in [4.78, 5) is 9.32. The molecular weight excluding hydrogens is 879 g/mol. The molecule has 0 amide bonds. The van der Waals surface area contributed by atoms with E-state index in [-0.39, 0.29) is 31.2 Å². The fourth-order valence-electron chi connectivity index (χ4n) is 6.86. The van der Waals surface area contributed by atoms with E-state index < -0.39 is 21.8 Å². The number of furan rings is 1. The van der Waals surface area contributed by atoms with Gasteiger partial charge in [-0.1, -0.05) is 140 Å². The molecule has 3 heterocycles. The Kier molecular flexibility index (Phi) is 9.13. The van der Waals surface area contributed by atoms with Gasteiger partial charge in [-0.05, 0) is 66.0 Å². The molecule has 0 saturated heterocycles. The fourth-order valence-corrected chi connectivity index (χ4v) is 8.02. The standard InChI is InChI=1S/C37H31N2OSi.C13H12N.Ir/c1-25-21-29(26-13-7-5-8-14-26)36(30(22-25)27-15-9-6-10-16-27)39-34-18-12-11-17-33(34)38-37(39)32-24-40-35-20-19-28(23-31(32)35)41(2,3)4;1-10-3-6-12(7-4-10)13-8-5-11(2)9-14-13;/h5-23H,1-4H3;3-6,8-9H,1-2H3;/q2*-1;/i;1D3,2D3;. The minimum absolute atomic E-state index is 0. The average molecular weight is 928 g/mol. The van der Waals surface area contributed by atoms with Crippen LogP contribution in [0.15, 0.2) is 156 Å². The molecule has 0 N–H and O–H groups in total. The maximum atomic E-state index is 7.28. The van der Waals surface area contributed by atoms with Gasteiger partial charge in [0.15, 0.2) is 0 Å². The first-order valence-electron chi connectivity index (χ1n) is 21.2. The van der Waals surface area contributed by atoms with Gasteiger partial charge in [-0.3, -0.25) is 4.98 Å². The van der Waals surface area contributed by atoms with Crippen molar-refractivity contribution in [3.63, 3.8) is 0 Å². The largest absolute Gasteiger partial charge is 0.557 e. The molecule has 0 aliphatic rings. The summed E-state index contributed by atoms with van der Waals surface area (Å²) in [5.41, 5.74) is 12.2. The molecule has 0 atom stereocenters. The van der Waals surface area contributed by atoms with Gasteiger partial charge in [0.25, 0.3) is 0 Å². The average Bonchev–Trinajstić information content (AvgIpc) is 3.85. The van der Waals surface area contributed by atoms with E-state index in [4.69, 9.17) is 17.6 Å². The zero-order chi connectivity index (χ0) is 43.1. The van der Waals surface area contributed by atoms with Crippen LogP contribution in [0.1, 0.15) is 24.9 Å². The molecule has 1 radical (unpaired) electrons. The predicted octanol–water partition coefficient (Wildman–Crippen LogP) is 12.6. The molecule has 0 aliphatic carbocycles. The number of fused-ring (bicyclic) bond motifs is 2. The third-order valence-corrected chi connectivity index (χ3v) is 11.7. The first-order chi connectivity index (χ1) is 29.1. The maximum absolute atomic E-state index is 7.28. The van der Waals surface area contributed by atoms with Gasteiger partial charge in [0.1, 0.15) is 0 Å². The van der Waals surface area contributed by atoms with Gasteiger partial charge in [-0.25, -0.2) is 0 Å². The van der Waals surface area contributed by atoms with Crippen LogP contribution >= 0.6 is 0 Å². The van der Waals surface area contributed by atoms with Gasteiger partial charge in [-0.2, -0.15) is 0 Å². The second-order valence-electron chi connectivity index (χ2n) is 14.7. The Labute approximate surface area is 352 Å². The summed E-state index contributed by atoms with van der Waals surface area (Å²) < 4.78 is 52.0. The Morgan fingerprint density at radius 3 is 1.96 bits per heavy atom. The van der Waals surface area contributed by atoms with Crippen LogP contribution in [0.5, 0.6) is 0 Å². The van der Waals surface area contributed by atoms with E-state index >= 15 is 0 Å². The topological polar surface area (TPSA) is 43.9 Å². The summed E-state index contributed by atoms with van der Waals surface area (Å²) in [6, 6.07) is 51.3. The number of pyridine rings is 1. The quantitative estimate of drug-likeness (QED) is 0.123. The number of hydrogen-bond acceptors (Lipinski definition) is 3. The monoisotopic (exact) mass is 928 g/mol. The van der Waals surface area contributed by atoms with E-state index in [2.05, 4.69) is 164 Å². The number of aryl methyl sites for hydroxylation is 3. The van der Waals surface area contributed by atoms with Crippen LogP contribution in [0.4, 0.5) is 0 Å². The molecule has 9 aromatic rings. The summed E-state index contributed by atoms with van der Waals surface area (Å²) in [6.45, 7) is 4.95. The second-order valence-corrected chi connectivity index (χ2v) is 19.7. The summed E-state index contributed by atoms with van der Waals surface area (Å²) in [7, 11) is -1.55. The van der Waals surface area contributed by atoms with Crippen LogP contribution in [0.25, 0.3) is 72.6 Å². The van der Waals surface area contributed by atoms with Crippen LogP contribution in [0, 0.1) is 33.0 Å². The van der Waals surface area contributed by atoms with Crippen molar-refractivity contribution in [1.82, 2.24) is 14.5 Å². The Morgan fingerprint density at radius 2 is 1.36 bits per heavy atom. The van der Waals surface area contributed by atoms with Gasteiger partial charge < -0.3 is 14.0 Å². The molecule has 56 heavy (non-hydrogen) atoms. The van der Waals surface area contributed by atoms with E-state index in [1.54, 1.807) is 12.1 Å². The summed E-state index contributed by atoms with van der Waals surface area (Å²) in [6.07, 6.45) is 4.57. The first kappa shape index (κ1) is 31.5. The summed E-state index contributed by atoms with van der Waals surface area (Å²) in [5.74, 6) is 0.830. The minimum atomic E-state index is -2.18. The van der Waals surface area contributed by atoms with E-state index in [0.29, 0.717) is 11.3 Å². The van der Waals surface area contributed by atoms with Crippen molar-refractivity contribution in [2.45, 2.75) is 40.3 Å². The number of aromatic nitrogens is 3. The van der Waals surface area contributed by atoms with Crippen LogP contribution < -0.4 is 5.19 Å². The van der Waals surface area contributed by atoms with Gasteiger partial charge in [0.2, 0.25) is 0 Å². The molecule has 0 spiro atoms. The van der Waals surface area contributed by atoms with E-state index in [9.17, 15) is 0 Å². The number of imidazole rings is 1. The smallest absolute Gasteiger partial charge is 0.0774 e. The number of nitrogens with zero attached hydrogens (tertiary/aromatic N) is 3. The first-order valence-corrected chi connectivity index (χ1v) is 21.7. The third kappa shape index (κ3) is 7.87. The van der Waals surface area contributed by atoms with Gasteiger partial charge in [-0.15, -0.1) is 41.5 Å². The molecular formula is C50H43IrN3OSi-2. The fraction of sp³-hybridized carbons (Fsp3) is 0.120. The molecule has 4 nitrogen and oxygen atoms in total. The molecule has 0 unspecified atom stereocenters. The molecule has 6 aromatic carbocycles. The van der Waals surface area contributed by atoms with Crippen molar-refractivity contribution in [2.24, 2.45) is 0 Å². The van der Waals surface area contributed by atoms with E-state index in [0.717, 1.165) is 61.3 Å². The number of hydrogen-bond donors (Lipinski definition) is 0. The molecule has 0 saturated carbocycles. The second kappa shape index (κ2) is 16.2. The van der Waals surface area contributed by atoms with E-state index in [1.165, 1.54) is 35.1 Å². The van der Waals surface area contributed by atoms with Crippen LogP contribution in [0.2, 0.25) is 19.6 Å².